The third-order valence-electron chi connectivity index (χ3n) is 1.99. The number of benzene rings is 1. The zero-order valence-electron chi connectivity index (χ0n) is 9.05. The largest absolute Gasteiger partial charge is 0.493 e. The molecule has 0 aliphatic heterocycles. The first-order valence-electron chi connectivity index (χ1n) is 4.78. The molecular weight excluding hydrogens is 286 g/mol. The molecule has 0 amide bonds. The summed E-state index contributed by atoms with van der Waals surface area (Å²) in [6, 6.07) is 5.35. The van der Waals surface area contributed by atoms with Crippen LogP contribution in [0.2, 0.25) is 0 Å². The average molecular weight is 296 g/mol. The third kappa shape index (κ3) is 2.85. The molecule has 1 aromatic heterocycles. The van der Waals surface area contributed by atoms with Gasteiger partial charge in [-0.05, 0) is 28.1 Å². The Bertz CT molecular complexity index is 517. The lowest BCUT2D eigenvalue weighted by Crippen LogP contribution is -1.95. The van der Waals surface area contributed by atoms with Gasteiger partial charge in [-0.2, -0.15) is 0 Å². The van der Waals surface area contributed by atoms with Crippen LogP contribution in [0.3, 0.4) is 0 Å². The Morgan fingerprint density at radius 2 is 1.88 bits per heavy atom. The fourth-order valence-electron chi connectivity index (χ4n) is 1.22. The maximum Gasteiger partial charge on any atom is 0.322 e. The van der Waals surface area contributed by atoms with Crippen LogP contribution in [0.15, 0.2) is 35.1 Å². The summed E-state index contributed by atoms with van der Waals surface area (Å²) in [7, 11) is 1.55. The number of hydrogen-bond acceptors (Lipinski definition) is 5. The quantitative estimate of drug-likeness (QED) is 0.882. The van der Waals surface area contributed by atoms with Crippen LogP contribution in [0.4, 0.5) is 5.69 Å². The first-order chi connectivity index (χ1) is 8.19. The highest BCUT2D eigenvalue weighted by Crippen LogP contribution is 2.31. The van der Waals surface area contributed by atoms with Gasteiger partial charge in [0.2, 0.25) is 0 Å². The smallest absolute Gasteiger partial charge is 0.322 e. The predicted molar refractivity (Wildman–Crippen MR) is 67.2 cm³/mol. The fraction of sp³-hybridized carbons (Fsp3) is 0.0909. The van der Waals surface area contributed by atoms with E-state index in [1.54, 1.807) is 37.7 Å². The number of methoxy groups -OCH3 is 1. The van der Waals surface area contributed by atoms with Crippen LogP contribution in [0.25, 0.3) is 0 Å². The van der Waals surface area contributed by atoms with Crippen molar-refractivity contribution in [3.8, 4) is 17.5 Å². The predicted octanol–water partition coefficient (Wildman–Crippen LogP) is 2.62. The lowest BCUT2D eigenvalue weighted by Gasteiger charge is -2.09. The van der Waals surface area contributed by atoms with Crippen molar-refractivity contribution in [2.24, 2.45) is 0 Å². The molecule has 0 fully saturated rings. The number of nitrogens with zero attached hydrogens (tertiary/aromatic N) is 2. The lowest BCUT2D eigenvalue weighted by molar-refractivity contribution is 0.368. The van der Waals surface area contributed by atoms with Crippen molar-refractivity contribution < 1.29 is 9.47 Å². The summed E-state index contributed by atoms with van der Waals surface area (Å²) < 4.78 is 11.4. The van der Waals surface area contributed by atoms with Crippen molar-refractivity contribution in [1.82, 2.24) is 9.97 Å². The Morgan fingerprint density at radius 3 is 2.53 bits per heavy atom. The van der Waals surface area contributed by atoms with Crippen LogP contribution < -0.4 is 15.2 Å². The number of hydrogen-bond donors (Lipinski definition) is 1. The number of rotatable bonds is 3. The van der Waals surface area contributed by atoms with Gasteiger partial charge < -0.3 is 15.2 Å². The van der Waals surface area contributed by atoms with Crippen molar-refractivity contribution in [2.45, 2.75) is 0 Å². The Kier molecular flexibility index (Phi) is 3.43. The minimum Gasteiger partial charge on any atom is -0.493 e. The number of nitrogen functional groups attached to an aromatic ring is 1. The van der Waals surface area contributed by atoms with Gasteiger partial charge in [-0.3, -0.25) is 0 Å². The van der Waals surface area contributed by atoms with Gasteiger partial charge in [0.15, 0.2) is 11.5 Å². The van der Waals surface area contributed by atoms with Crippen LogP contribution in [-0.4, -0.2) is 17.1 Å². The van der Waals surface area contributed by atoms with Crippen molar-refractivity contribution in [2.75, 3.05) is 12.8 Å². The summed E-state index contributed by atoms with van der Waals surface area (Å²) in [6.45, 7) is 0. The monoisotopic (exact) mass is 295 g/mol. The second kappa shape index (κ2) is 5.01. The topological polar surface area (TPSA) is 70.3 Å². The van der Waals surface area contributed by atoms with Gasteiger partial charge in [0.05, 0.1) is 11.6 Å². The molecule has 1 aromatic carbocycles. The maximum absolute atomic E-state index is 5.64. The molecule has 88 valence electrons. The second-order valence-corrected chi connectivity index (χ2v) is 4.11. The first-order valence-corrected chi connectivity index (χ1v) is 5.57. The van der Waals surface area contributed by atoms with E-state index in [1.807, 2.05) is 0 Å². The Balaban J connectivity index is 2.26. The average Bonchev–Trinajstić information content (AvgIpc) is 2.34. The molecule has 0 aliphatic carbocycles. The normalized spacial score (nSPS) is 10.0. The van der Waals surface area contributed by atoms with Crippen LogP contribution in [0.1, 0.15) is 0 Å². The Labute approximate surface area is 107 Å². The zero-order chi connectivity index (χ0) is 12.3. The van der Waals surface area contributed by atoms with E-state index in [2.05, 4.69) is 25.9 Å². The van der Waals surface area contributed by atoms with E-state index in [1.165, 1.54) is 0 Å². The highest BCUT2D eigenvalue weighted by Gasteiger charge is 2.07. The molecule has 0 spiro atoms. The molecule has 5 nitrogen and oxygen atoms in total. The van der Waals surface area contributed by atoms with E-state index in [0.717, 1.165) is 4.47 Å². The maximum atomic E-state index is 5.64. The zero-order valence-corrected chi connectivity index (χ0v) is 10.6. The summed E-state index contributed by atoms with van der Waals surface area (Å²) in [6.07, 6.45) is 3.21. The highest BCUT2D eigenvalue weighted by molar-refractivity contribution is 9.10. The van der Waals surface area contributed by atoms with E-state index < -0.39 is 0 Å². The van der Waals surface area contributed by atoms with Crippen molar-refractivity contribution in [3.63, 3.8) is 0 Å². The highest BCUT2D eigenvalue weighted by atomic mass is 79.9. The summed E-state index contributed by atoms with van der Waals surface area (Å²) in [5.41, 5.74) is 6.25. The molecule has 0 radical (unpaired) electrons. The van der Waals surface area contributed by atoms with Crippen LogP contribution >= 0.6 is 15.9 Å². The van der Waals surface area contributed by atoms with Gasteiger partial charge in [0, 0.05) is 24.1 Å². The molecule has 6 heteroatoms. The minimum absolute atomic E-state index is 0.247. The Morgan fingerprint density at radius 1 is 1.18 bits per heavy atom. The molecule has 0 bridgehead atoms. The molecule has 0 atom stereocenters. The molecule has 2 N–H and O–H groups in total. The summed E-state index contributed by atoms with van der Waals surface area (Å²) in [5.74, 6) is 1.06. The number of halogens is 1. The molecule has 0 unspecified atom stereocenters. The molecule has 1 heterocycles. The molecule has 17 heavy (non-hydrogen) atoms. The van der Waals surface area contributed by atoms with E-state index >= 15 is 0 Å². The fourth-order valence-corrected chi connectivity index (χ4v) is 1.42. The molecular formula is C11H10BrN3O2. The minimum atomic E-state index is 0.247. The second-order valence-electron chi connectivity index (χ2n) is 3.20. The van der Waals surface area contributed by atoms with Gasteiger partial charge >= 0.3 is 6.01 Å². The van der Waals surface area contributed by atoms with Crippen molar-refractivity contribution in [1.29, 1.82) is 0 Å². The molecule has 2 rings (SSSR count). The van der Waals surface area contributed by atoms with E-state index in [4.69, 9.17) is 15.2 Å². The van der Waals surface area contributed by atoms with Gasteiger partial charge in [-0.15, -0.1) is 0 Å². The van der Waals surface area contributed by atoms with Gasteiger partial charge in [-0.1, -0.05) is 0 Å². The van der Waals surface area contributed by atoms with Gasteiger partial charge in [-0.25, -0.2) is 9.97 Å². The van der Waals surface area contributed by atoms with E-state index in [0.29, 0.717) is 17.2 Å². The van der Waals surface area contributed by atoms with Crippen molar-refractivity contribution >= 4 is 21.6 Å². The van der Waals surface area contributed by atoms with Crippen LogP contribution in [0.5, 0.6) is 17.5 Å². The molecule has 2 aromatic rings. The number of anilines is 1. The summed E-state index contributed by atoms with van der Waals surface area (Å²) in [4.78, 5) is 8.01. The Hall–Kier alpha value is -1.82. The van der Waals surface area contributed by atoms with Gasteiger partial charge in [0.25, 0.3) is 0 Å². The lowest BCUT2D eigenvalue weighted by atomic mass is 10.3. The molecule has 0 saturated heterocycles. The van der Waals surface area contributed by atoms with Crippen LogP contribution in [0, 0.1) is 0 Å². The van der Waals surface area contributed by atoms with Gasteiger partial charge in [0.1, 0.15) is 0 Å². The standard InChI is InChI=1S/C11H10BrN3O2/c1-16-10-4-8(13)2-3-9(10)17-11-14-5-7(12)6-15-11/h2-6H,13H2,1H3. The number of ether oxygens (including phenoxy) is 2. The molecule has 0 saturated carbocycles. The number of nitrogens with two attached hydrogens (primary N) is 1. The van der Waals surface area contributed by atoms with E-state index in [-0.39, 0.29) is 6.01 Å². The SMILES string of the molecule is COc1cc(N)ccc1Oc1ncc(Br)cn1. The van der Waals surface area contributed by atoms with Crippen molar-refractivity contribution in [3.05, 3.63) is 35.1 Å². The molecule has 0 aliphatic rings. The van der Waals surface area contributed by atoms with E-state index in [9.17, 15) is 0 Å². The third-order valence-corrected chi connectivity index (χ3v) is 2.40. The first kappa shape index (κ1) is 11.7. The summed E-state index contributed by atoms with van der Waals surface area (Å²) >= 11 is 3.25. The summed E-state index contributed by atoms with van der Waals surface area (Å²) in [5, 5.41) is 0. The number of aromatic nitrogens is 2. The van der Waals surface area contributed by atoms with Crippen LogP contribution in [-0.2, 0) is 0 Å².